The summed E-state index contributed by atoms with van der Waals surface area (Å²) in [5.74, 6) is 0. The van der Waals surface area contributed by atoms with E-state index in [1.54, 1.807) is 0 Å². The van der Waals surface area contributed by atoms with E-state index in [2.05, 4.69) is 16.3 Å². The van der Waals surface area contributed by atoms with Crippen LogP contribution in [-0.4, -0.2) is 22.3 Å². The molecule has 112 valence electrons. The van der Waals surface area contributed by atoms with E-state index in [1.165, 1.54) is 25.3 Å². The average Bonchev–Trinajstić information content (AvgIpc) is 2.89. The van der Waals surface area contributed by atoms with Gasteiger partial charge in [0.05, 0.1) is 0 Å². The third-order valence-electron chi connectivity index (χ3n) is 3.57. The maximum atomic E-state index is 13.4. The highest BCUT2D eigenvalue weighted by molar-refractivity contribution is 5.76. The van der Waals surface area contributed by atoms with Gasteiger partial charge in [0.15, 0.2) is 5.41 Å². The highest BCUT2D eigenvalue weighted by Crippen LogP contribution is 2.50. The number of hydrogen-bond donors (Lipinski definition) is 0. The van der Waals surface area contributed by atoms with Crippen molar-refractivity contribution in [3.05, 3.63) is 58.5 Å². The molecule has 0 amide bonds. The third kappa shape index (κ3) is 2.16. The monoisotopic (exact) mass is 300 g/mol. The standard InChI is InChI=1S/C13H11F3N2O3/c1-3-12(13(14,15)16)6-4-9(10-5-7-21-17-10)8(2)11(12)18(19)20/h3-7,11H,1H2,2H3. The Morgan fingerprint density at radius 2 is 2.24 bits per heavy atom. The summed E-state index contributed by atoms with van der Waals surface area (Å²) in [4.78, 5) is 10.3. The Labute approximate surface area is 117 Å². The molecule has 8 heteroatoms. The van der Waals surface area contributed by atoms with Crippen molar-refractivity contribution < 1.29 is 22.6 Å². The van der Waals surface area contributed by atoms with Crippen molar-refractivity contribution in [3.63, 3.8) is 0 Å². The first kappa shape index (κ1) is 15.0. The van der Waals surface area contributed by atoms with Gasteiger partial charge in [-0.25, -0.2) is 0 Å². The smallest absolute Gasteiger partial charge is 0.364 e. The van der Waals surface area contributed by atoms with Crippen LogP contribution in [0, 0.1) is 15.5 Å². The predicted molar refractivity (Wildman–Crippen MR) is 67.7 cm³/mol. The fraction of sp³-hybridized carbons (Fsp3) is 0.308. The van der Waals surface area contributed by atoms with Gasteiger partial charge < -0.3 is 4.52 Å². The van der Waals surface area contributed by atoms with Gasteiger partial charge in [0.2, 0.25) is 0 Å². The van der Waals surface area contributed by atoms with E-state index in [1.807, 2.05) is 0 Å². The van der Waals surface area contributed by atoms with E-state index >= 15 is 0 Å². The quantitative estimate of drug-likeness (QED) is 0.487. The van der Waals surface area contributed by atoms with Crippen LogP contribution in [0.1, 0.15) is 12.6 Å². The second-order valence-electron chi connectivity index (χ2n) is 4.64. The minimum atomic E-state index is -4.83. The van der Waals surface area contributed by atoms with Gasteiger partial charge >= 0.3 is 6.18 Å². The van der Waals surface area contributed by atoms with Gasteiger partial charge in [-0.2, -0.15) is 13.2 Å². The van der Waals surface area contributed by atoms with Crippen LogP contribution in [0.5, 0.6) is 0 Å². The van der Waals surface area contributed by atoms with Crippen LogP contribution in [0.4, 0.5) is 13.2 Å². The Morgan fingerprint density at radius 3 is 2.67 bits per heavy atom. The van der Waals surface area contributed by atoms with Crippen molar-refractivity contribution in [2.75, 3.05) is 0 Å². The SMILES string of the molecule is C=CC1(C(F)(F)F)C=CC(c2ccon2)=C(C)C1[N+](=O)[O-]. The molecule has 1 aromatic rings. The van der Waals surface area contributed by atoms with Gasteiger partial charge in [0.1, 0.15) is 12.0 Å². The van der Waals surface area contributed by atoms with Crippen LogP contribution in [0.3, 0.4) is 0 Å². The molecule has 5 nitrogen and oxygen atoms in total. The molecule has 0 aliphatic heterocycles. The molecule has 0 saturated heterocycles. The van der Waals surface area contributed by atoms with Crippen LogP contribution >= 0.6 is 0 Å². The number of alkyl halides is 3. The second-order valence-corrected chi connectivity index (χ2v) is 4.64. The summed E-state index contributed by atoms with van der Waals surface area (Å²) in [6.45, 7) is 4.43. The first-order chi connectivity index (χ1) is 9.74. The molecule has 1 heterocycles. The van der Waals surface area contributed by atoms with E-state index in [-0.39, 0.29) is 16.8 Å². The molecule has 1 aliphatic rings. The summed E-state index contributed by atoms with van der Waals surface area (Å²) in [5.41, 5.74) is -2.30. The summed E-state index contributed by atoms with van der Waals surface area (Å²) in [7, 11) is 0. The van der Waals surface area contributed by atoms with Crippen LogP contribution < -0.4 is 0 Å². The molecule has 0 bridgehead atoms. The minimum absolute atomic E-state index is 0.0476. The van der Waals surface area contributed by atoms with Gasteiger partial charge in [-0.1, -0.05) is 23.4 Å². The lowest BCUT2D eigenvalue weighted by Gasteiger charge is -2.35. The lowest BCUT2D eigenvalue weighted by molar-refractivity contribution is -0.536. The van der Waals surface area contributed by atoms with Crippen molar-refractivity contribution in [1.82, 2.24) is 5.16 Å². The third-order valence-corrected chi connectivity index (χ3v) is 3.57. The normalized spacial score (nSPS) is 26.0. The zero-order chi connectivity index (χ0) is 15.8. The zero-order valence-corrected chi connectivity index (χ0v) is 10.9. The van der Waals surface area contributed by atoms with Crippen molar-refractivity contribution in [1.29, 1.82) is 0 Å². The summed E-state index contributed by atoms with van der Waals surface area (Å²) >= 11 is 0. The van der Waals surface area contributed by atoms with Crippen molar-refractivity contribution in [2.45, 2.75) is 19.1 Å². The molecule has 21 heavy (non-hydrogen) atoms. The van der Waals surface area contributed by atoms with Gasteiger partial charge in [-0.15, -0.1) is 6.58 Å². The molecule has 0 saturated carbocycles. The maximum absolute atomic E-state index is 13.4. The van der Waals surface area contributed by atoms with Gasteiger partial charge in [0, 0.05) is 22.1 Å². The maximum Gasteiger partial charge on any atom is 0.408 e. The van der Waals surface area contributed by atoms with Crippen molar-refractivity contribution in [2.24, 2.45) is 5.41 Å². The lowest BCUT2D eigenvalue weighted by Crippen LogP contribution is -2.50. The van der Waals surface area contributed by atoms with E-state index < -0.39 is 22.6 Å². The molecule has 0 aromatic carbocycles. The van der Waals surface area contributed by atoms with Crippen molar-refractivity contribution >= 4 is 5.57 Å². The van der Waals surface area contributed by atoms with Crippen LogP contribution in [0.15, 0.2) is 47.2 Å². The molecule has 0 fully saturated rings. The number of halogens is 3. The number of aromatic nitrogens is 1. The lowest BCUT2D eigenvalue weighted by atomic mass is 9.71. The summed E-state index contributed by atoms with van der Waals surface area (Å²) in [6.07, 6.45) is -1.10. The zero-order valence-electron chi connectivity index (χ0n) is 10.9. The van der Waals surface area contributed by atoms with Crippen molar-refractivity contribution in [3.8, 4) is 0 Å². The molecule has 2 unspecified atom stereocenters. The van der Waals surface area contributed by atoms with E-state index in [0.29, 0.717) is 6.08 Å². The molecule has 2 atom stereocenters. The molecule has 0 spiro atoms. The Balaban J connectivity index is 2.65. The van der Waals surface area contributed by atoms with Gasteiger partial charge in [-0.3, -0.25) is 10.1 Å². The number of nitro groups is 1. The minimum Gasteiger partial charge on any atom is -0.364 e. The molecule has 0 N–H and O–H groups in total. The first-order valence-electron chi connectivity index (χ1n) is 5.89. The number of allylic oxidation sites excluding steroid dienone is 2. The summed E-state index contributed by atoms with van der Waals surface area (Å²) < 4.78 is 44.7. The van der Waals surface area contributed by atoms with Crippen LogP contribution in [0.25, 0.3) is 5.57 Å². The number of nitrogens with zero attached hydrogens (tertiary/aromatic N) is 2. The molecular formula is C13H11F3N2O3. The highest BCUT2D eigenvalue weighted by Gasteiger charge is 2.63. The molecule has 1 aliphatic carbocycles. The largest absolute Gasteiger partial charge is 0.408 e. The summed E-state index contributed by atoms with van der Waals surface area (Å²) in [6, 6.07) is -0.569. The topological polar surface area (TPSA) is 69.2 Å². The number of rotatable bonds is 3. The van der Waals surface area contributed by atoms with Gasteiger partial charge in [-0.05, 0) is 6.92 Å². The fourth-order valence-electron chi connectivity index (χ4n) is 2.47. The van der Waals surface area contributed by atoms with Crippen LogP contribution in [0.2, 0.25) is 0 Å². The first-order valence-corrected chi connectivity index (χ1v) is 5.89. The average molecular weight is 300 g/mol. The Bertz CT molecular complexity index is 632. The Hall–Kier alpha value is -2.38. The fourth-order valence-corrected chi connectivity index (χ4v) is 2.47. The van der Waals surface area contributed by atoms with E-state index in [0.717, 1.165) is 6.08 Å². The Morgan fingerprint density at radius 1 is 1.57 bits per heavy atom. The second kappa shape index (κ2) is 4.87. The highest BCUT2D eigenvalue weighted by atomic mass is 19.4. The summed E-state index contributed by atoms with van der Waals surface area (Å²) in [5, 5.41) is 14.9. The number of hydrogen-bond acceptors (Lipinski definition) is 4. The molecule has 0 radical (unpaired) electrons. The Kier molecular flexibility index (Phi) is 3.48. The molecule has 2 rings (SSSR count). The predicted octanol–water partition coefficient (Wildman–Crippen LogP) is 3.40. The van der Waals surface area contributed by atoms with E-state index in [9.17, 15) is 23.3 Å². The van der Waals surface area contributed by atoms with Gasteiger partial charge in [0.25, 0.3) is 6.04 Å². The van der Waals surface area contributed by atoms with Crippen LogP contribution in [-0.2, 0) is 0 Å². The van der Waals surface area contributed by atoms with E-state index in [4.69, 9.17) is 0 Å². The molecular weight excluding hydrogens is 289 g/mol. The molecule has 1 aromatic heterocycles.